The number of nitrogens with one attached hydrogen (secondary N) is 1. The minimum Gasteiger partial charge on any atom is -0.395 e. The van der Waals surface area contributed by atoms with E-state index in [9.17, 15) is 4.79 Å². The van der Waals surface area contributed by atoms with E-state index in [1.807, 2.05) is 25.1 Å². The van der Waals surface area contributed by atoms with E-state index in [0.717, 1.165) is 16.8 Å². The van der Waals surface area contributed by atoms with Crippen molar-refractivity contribution in [3.8, 4) is 11.8 Å². The summed E-state index contributed by atoms with van der Waals surface area (Å²) in [6.07, 6.45) is 3.58. The lowest BCUT2D eigenvalue weighted by Crippen LogP contribution is -2.13. The number of aryl methyl sites for hydroxylation is 1. The third kappa shape index (κ3) is 4.16. The fourth-order valence-corrected chi connectivity index (χ4v) is 1.75. The summed E-state index contributed by atoms with van der Waals surface area (Å²) in [5.41, 5.74) is 2.99. The summed E-state index contributed by atoms with van der Waals surface area (Å²) in [5, 5.41) is 11.6. The number of benzene rings is 1. The first kappa shape index (κ1) is 14.8. The zero-order valence-electron chi connectivity index (χ0n) is 11.8. The van der Waals surface area contributed by atoms with Gasteiger partial charge in [-0.05, 0) is 36.8 Å². The summed E-state index contributed by atoms with van der Waals surface area (Å²) < 4.78 is 0. The molecule has 1 aromatic heterocycles. The Labute approximate surface area is 123 Å². The van der Waals surface area contributed by atoms with Gasteiger partial charge in [-0.3, -0.25) is 9.78 Å². The number of aliphatic hydroxyl groups excluding tert-OH is 1. The molecule has 1 amide bonds. The molecule has 0 atom stereocenters. The van der Waals surface area contributed by atoms with Crippen LogP contribution in [0.4, 0.5) is 5.69 Å². The monoisotopic (exact) mass is 280 g/mol. The van der Waals surface area contributed by atoms with Crippen molar-refractivity contribution in [1.82, 2.24) is 4.98 Å². The molecule has 0 aliphatic heterocycles. The normalized spacial score (nSPS) is 9.62. The summed E-state index contributed by atoms with van der Waals surface area (Å²) in [7, 11) is 0. The first-order chi connectivity index (χ1) is 10.2. The van der Waals surface area contributed by atoms with Crippen LogP contribution >= 0.6 is 0 Å². The number of nitrogens with zero attached hydrogens (tertiary/aromatic N) is 1. The topological polar surface area (TPSA) is 62.2 Å². The van der Waals surface area contributed by atoms with Crippen molar-refractivity contribution in [3.63, 3.8) is 0 Å². The van der Waals surface area contributed by atoms with Gasteiger partial charge in [-0.15, -0.1) is 0 Å². The van der Waals surface area contributed by atoms with Crippen molar-refractivity contribution in [3.05, 3.63) is 59.4 Å². The van der Waals surface area contributed by atoms with Crippen LogP contribution < -0.4 is 5.32 Å². The van der Waals surface area contributed by atoms with Crippen LogP contribution in [0.5, 0.6) is 0 Å². The highest BCUT2D eigenvalue weighted by Crippen LogP contribution is 2.17. The molecular formula is C17H16N2O2. The van der Waals surface area contributed by atoms with Crippen LogP contribution in [0.25, 0.3) is 0 Å². The average molecular weight is 280 g/mol. The molecule has 2 N–H and O–H groups in total. The van der Waals surface area contributed by atoms with Crippen LogP contribution in [0.1, 0.15) is 27.9 Å². The maximum atomic E-state index is 12.1. The number of hydrogen-bond acceptors (Lipinski definition) is 3. The van der Waals surface area contributed by atoms with Gasteiger partial charge in [0.1, 0.15) is 0 Å². The zero-order chi connectivity index (χ0) is 15.1. The molecule has 2 aromatic rings. The Morgan fingerprint density at radius 1 is 1.38 bits per heavy atom. The van der Waals surface area contributed by atoms with Gasteiger partial charge in [0.15, 0.2) is 0 Å². The van der Waals surface area contributed by atoms with Gasteiger partial charge in [-0.2, -0.15) is 0 Å². The van der Waals surface area contributed by atoms with E-state index >= 15 is 0 Å². The number of aromatic nitrogens is 1. The number of rotatable bonds is 3. The van der Waals surface area contributed by atoms with Gasteiger partial charge in [-0.1, -0.05) is 17.9 Å². The Morgan fingerprint density at radius 2 is 2.24 bits per heavy atom. The smallest absolute Gasteiger partial charge is 0.257 e. The molecule has 2 rings (SSSR count). The highest BCUT2D eigenvalue weighted by molar-refractivity contribution is 6.04. The van der Waals surface area contributed by atoms with Gasteiger partial charge in [0.2, 0.25) is 0 Å². The van der Waals surface area contributed by atoms with Gasteiger partial charge < -0.3 is 10.4 Å². The third-order valence-electron chi connectivity index (χ3n) is 2.88. The molecule has 0 bridgehead atoms. The lowest BCUT2D eigenvalue weighted by molar-refractivity contribution is 0.102. The second kappa shape index (κ2) is 7.22. The summed E-state index contributed by atoms with van der Waals surface area (Å²) in [6.45, 7) is 1.97. The number of aliphatic hydroxyl groups is 1. The number of amides is 1. The molecule has 0 radical (unpaired) electrons. The molecule has 1 aromatic carbocycles. The average Bonchev–Trinajstić information content (AvgIpc) is 2.51. The predicted molar refractivity (Wildman–Crippen MR) is 82.0 cm³/mol. The van der Waals surface area contributed by atoms with E-state index < -0.39 is 0 Å². The molecule has 4 nitrogen and oxygen atoms in total. The molecule has 0 aliphatic rings. The van der Waals surface area contributed by atoms with Gasteiger partial charge in [0.25, 0.3) is 5.91 Å². The first-order valence-electron chi connectivity index (χ1n) is 6.62. The van der Waals surface area contributed by atoms with E-state index in [1.165, 1.54) is 6.20 Å². The molecule has 0 spiro atoms. The van der Waals surface area contributed by atoms with E-state index in [4.69, 9.17) is 5.11 Å². The van der Waals surface area contributed by atoms with Crippen molar-refractivity contribution in [2.45, 2.75) is 13.3 Å². The molecule has 1 heterocycles. The summed E-state index contributed by atoms with van der Waals surface area (Å²) >= 11 is 0. The van der Waals surface area contributed by atoms with Crippen molar-refractivity contribution in [2.24, 2.45) is 0 Å². The van der Waals surface area contributed by atoms with Gasteiger partial charge in [0.05, 0.1) is 12.2 Å². The van der Waals surface area contributed by atoms with Gasteiger partial charge in [0, 0.05) is 30.1 Å². The maximum absolute atomic E-state index is 12.1. The lowest BCUT2D eigenvalue weighted by Gasteiger charge is -2.08. The third-order valence-corrected chi connectivity index (χ3v) is 2.88. The Bertz CT molecular complexity index is 685. The van der Waals surface area contributed by atoms with Gasteiger partial charge in [-0.25, -0.2) is 0 Å². The van der Waals surface area contributed by atoms with Crippen LogP contribution in [-0.2, 0) is 0 Å². The largest absolute Gasteiger partial charge is 0.395 e. The van der Waals surface area contributed by atoms with E-state index in [0.29, 0.717) is 12.0 Å². The molecule has 0 unspecified atom stereocenters. The molecular weight excluding hydrogens is 264 g/mol. The van der Waals surface area contributed by atoms with E-state index in [1.54, 1.807) is 18.3 Å². The Morgan fingerprint density at radius 3 is 2.95 bits per heavy atom. The van der Waals surface area contributed by atoms with E-state index in [-0.39, 0.29) is 12.5 Å². The second-order valence-corrected chi connectivity index (χ2v) is 4.50. The highest BCUT2D eigenvalue weighted by atomic mass is 16.2. The van der Waals surface area contributed by atoms with Gasteiger partial charge >= 0.3 is 0 Å². The molecule has 4 heteroatoms. The Hall–Kier alpha value is -2.64. The molecule has 0 saturated carbocycles. The van der Waals surface area contributed by atoms with Crippen LogP contribution in [0.2, 0.25) is 0 Å². The molecule has 0 aliphatic carbocycles. The molecule has 0 fully saturated rings. The predicted octanol–water partition coefficient (Wildman–Crippen LogP) is 2.38. The van der Waals surface area contributed by atoms with Crippen molar-refractivity contribution in [2.75, 3.05) is 11.9 Å². The summed E-state index contributed by atoms with van der Waals surface area (Å²) in [5.74, 6) is 5.61. The zero-order valence-corrected chi connectivity index (χ0v) is 11.8. The fourth-order valence-electron chi connectivity index (χ4n) is 1.75. The minimum atomic E-state index is -0.202. The Balaban J connectivity index is 2.18. The highest BCUT2D eigenvalue weighted by Gasteiger charge is 2.07. The van der Waals surface area contributed by atoms with Crippen LogP contribution in [-0.4, -0.2) is 22.6 Å². The summed E-state index contributed by atoms with van der Waals surface area (Å²) in [6, 6.07) is 9.05. The standard InChI is InChI=1S/C17H16N2O2/c1-13-7-8-14(5-2-3-10-20)11-16(13)19-17(21)15-6-4-9-18-12-15/h4,6-9,11-12,20H,3,10H2,1H3,(H,19,21). The van der Waals surface area contributed by atoms with Crippen LogP contribution in [0.3, 0.4) is 0 Å². The second-order valence-electron chi connectivity index (χ2n) is 4.50. The number of carbonyl (C=O) groups excluding carboxylic acids is 1. The van der Waals surface area contributed by atoms with Crippen LogP contribution in [0, 0.1) is 18.8 Å². The number of hydrogen-bond donors (Lipinski definition) is 2. The Kier molecular flexibility index (Phi) is 5.08. The molecule has 21 heavy (non-hydrogen) atoms. The number of pyridine rings is 1. The quantitative estimate of drug-likeness (QED) is 0.849. The van der Waals surface area contributed by atoms with Crippen molar-refractivity contribution in [1.29, 1.82) is 0 Å². The molecule has 106 valence electrons. The minimum absolute atomic E-state index is 0.0451. The SMILES string of the molecule is Cc1ccc(C#CCCO)cc1NC(=O)c1cccnc1. The first-order valence-corrected chi connectivity index (χ1v) is 6.62. The van der Waals surface area contributed by atoms with Crippen molar-refractivity contribution >= 4 is 11.6 Å². The number of carbonyl (C=O) groups is 1. The maximum Gasteiger partial charge on any atom is 0.257 e. The van der Waals surface area contributed by atoms with Crippen molar-refractivity contribution < 1.29 is 9.90 Å². The molecule has 0 saturated heterocycles. The number of anilines is 1. The van der Waals surface area contributed by atoms with E-state index in [2.05, 4.69) is 22.1 Å². The lowest BCUT2D eigenvalue weighted by atomic mass is 10.1. The summed E-state index contributed by atoms with van der Waals surface area (Å²) in [4.78, 5) is 16.0. The van der Waals surface area contributed by atoms with Crippen LogP contribution in [0.15, 0.2) is 42.7 Å². The fraction of sp³-hybridized carbons (Fsp3) is 0.176.